The molecular weight excluding hydrogens is 382 g/mol. The van der Waals surface area contributed by atoms with Crippen molar-refractivity contribution in [1.82, 2.24) is 10.3 Å². The highest BCUT2D eigenvalue weighted by atomic mass is 32.1. The summed E-state index contributed by atoms with van der Waals surface area (Å²) in [5.41, 5.74) is 0.765. The number of nitrogens with zero attached hydrogens (tertiary/aromatic N) is 1. The number of carbonyl (C=O) groups excluding carboxylic acids is 2. The number of aryl methyl sites for hydroxylation is 1. The molecule has 0 unspecified atom stereocenters. The van der Waals surface area contributed by atoms with Crippen LogP contribution in [0.1, 0.15) is 60.3 Å². The monoisotopic (exact) mass is 407 g/mol. The number of hydrogen-bond donors (Lipinski definition) is 2. The molecule has 4 bridgehead atoms. The Hall–Kier alpha value is -1.54. The molecule has 4 aliphatic carbocycles. The van der Waals surface area contributed by atoms with E-state index in [-0.39, 0.29) is 16.4 Å². The molecule has 1 heterocycles. The number of thiazole rings is 1. The number of hydrogen-bond acceptors (Lipinski definition) is 6. The largest absolute Gasteiger partial charge is 0.465 e. The maximum Gasteiger partial charge on any atom is 0.350 e. The van der Waals surface area contributed by atoms with Gasteiger partial charge in [-0.2, -0.15) is 0 Å². The zero-order valence-electron chi connectivity index (χ0n) is 15.7. The highest BCUT2D eigenvalue weighted by Gasteiger charge is 2.51. The number of ether oxygens (including phenoxy) is 1. The van der Waals surface area contributed by atoms with E-state index in [0.717, 1.165) is 17.8 Å². The summed E-state index contributed by atoms with van der Waals surface area (Å²) in [5.74, 6) is 2.03. The molecule has 6 nitrogen and oxygen atoms in total. The number of nitrogens with one attached hydrogen (secondary N) is 2. The molecule has 1 aromatic heterocycles. The lowest BCUT2D eigenvalue weighted by molar-refractivity contribution is -0.127. The first-order chi connectivity index (χ1) is 12.9. The number of rotatable bonds is 4. The molecule has 0 aliphatic heterocycles. The molecule has 4 aliphatic rings. The van der Waals surface area contributed by atoms with Gasteiger partial charge in [0.15, 0.2) is 10.2 Å². The number of carbonyl (C=O) groups is 2. The summed E-state index contributed by atoms with van der Waals surface area (Å²) in [6, 6.07) is 0. The van der Waals surface area contributed by atoms with Crippen molar-refractivity contribution in [3.8, 4) is 0 Å². The zero-order chi connectivity index (χ0) is 19.2. The van der Waals surface area contributed by atoms with Crippen LogP contribution in [0.5, 0.6) is 0 Å². The Bertz CT molecular complexity index is 754. The highest BCUT2D eigenvalue weighted by Crippen LogP contribution is 2.61. The number of anilines is 1. The number of aromatic nitrogens is 1. The lowest BCUT2D eigenvalue weighted by Crippen LogP contribution is -2.48. The van der Waals surface area contributed by atoms with E-state index in [9.17, 15) is 9.59 Å². The van der Waals surface area contributed by atoms with Crippen molar-refractivity contribution in [1.29, 1.82) is 0 Å². The van der Waals surface area contributed by atoms with Gasteiger partial charge in [-0.15, -0.1) is 0 Å². The second kappa shape index (κ2) is 7.13. The molecule has 1 aromatic rings. The van der Waals surface area contributed by atoms with Gasteiger partial charge in [0.25, 0.3) is 0 Å². The van der Waals surface area contributed by atoms with E-state index in [2.05, 4.69) is 15.6 Å². The molecule has 0 radical (unpaired) electrons. The number of methoxy groups -OCH3 is 1. The third kappa shape index (κ3) is 3.87. The molecule has 146 valence electrons. The van der Waals surface area contributed by atoms with Crippen LogP contribution in [0.2, 0.25) is 0 Å². The summed E-state index contributed by atoms with van der Waals surface area (Å²) in [5, 5.41) is 6.44. The summed E-state index contributed by atoms with van der Waals surface area (Å²) >= 11 is 6.44. The zero-order valence-corrected chi connectivity index (χ0v) is 17.3. The van der Waals surface area contributed by atoms with Crippen LogP contribution < -0.4 is 10.6 Å². The Kier molecular flexibility index (Phi) is 4.96. The minimum absolute atomic E-state index is 0.0177. The lowest BCUT2D eigenvalue weighted by Gasteiger charge is -2.56. The van der Waals surface area contributed by atoms with E-state index < -0.39 is 5.97 Å². The summed E-state index contributed by atoms with van der Waals surface area (Å²) in [6.07, 6.45) is 8.25. The van der Waals surface area contributed by atoms with Crippen LogP contribution in [0.25, 0.3) is 0 Å². The van der Waals surface area contributed by atoms with Crippen molar-refractivity contribution in [3.63, 3.8) is 0 Å². The Morgan fingerprint density at radius 2 is 1.81 bits per heavy atom. The first-order valence-electron chi connectivity index (χ1n) is 9.52. The van der Waals surface area contributed by atoms with Gasteiger partial charge in [0, 0.05) is 6.42 Å². The van der Waals surface area contributed by atoms with Gasteiger partial charge in [0.1, 0.15) is 4.88 Å². The molecule has 0 spiro atoms. The second-order valence-electron chi connectivity index (χ2n) is 8.52. The predicted molar refractivity (Wildman–Crippen MR) is 108 cm³/mol. The molecule has 8 heteroatoms. The molecule has 0 saturated heterocycles. The first-order valence-corrected chi connectivity index (χ1v) is 10.7. The number of amides is 1. The fourth-order valence-electron chi connectivity index (χ4n) is 5.88. The summed E-state index contributed by atoms with van der Waals surface area (Å²) in [4.78, 5) is 29.0. The number of thiocarbonyl (C=S) groups is 1. The Labute approximate surface area is 168 Å². The molecule has 4 saturated carbocycles. The molecule has 0 atom stereocenters. The average Bonchev–Trinajstić information content (AvgIpc) is 2.92. The quantitative estimate of drug-likeness (QED) is 0.586. The van der Waals surface area contributed by atoms with Crippen LogP contribution in [0.15, 0.2) is 0 Å². The molecule has 4 fully saturated rings. The maximum absolute atomic E-state index is 12.6. The lowest BCUT2D eigenvalue weighted by atomic mass is 9.49. The number of esters is 1. The molecule has 27 heavy (non-hydrogen) atoms. The fourth-order valence-corrected chi connectivity index (χ4v) is 7.04. The average molecular weight is 408 g/mol. The first kappa shape index (κ1) is 18.8. The molecule has 2 N–H and O–H groups in total. The third-order valence-corrected chi connectivity index (χ3v) is 7.60. The van der Waals surface area contributed by atoms with Gasteiger partial charge in [-0.3, -0.25) is 4.79 Å². The normalized spacial score (nSPS) is 30.8. The summed E-state index contributed by atoms with van der Waals surface area (Å²) < 4.78 is 4.74. The maximum atomic E-state index is 12.6. The minimum atomic E-state index is -0.421. The summed E-state index contributed by atoms with van der Waals surface area (Å²) in [7, 11) is 1.34. The van der Waals surface area contributed by atoms with Crippen LogP contribution in [0.4, 0.5) is 5.13 Å². The van der Waals surface area contributed by atoms with Crippen molar-refractivity contribution in [2.45, 2.75) is 51.9 Å². The van der Waals surface area contributed by atoms with E-state index >= 15 is 0 Å². The SMILES string of the molecule is COC(=O)c1sc(NC(=S)NC(=O)CC23CC4CC(CC(C4)C2)C3)nc1C. The van der Waals surface area contributed by atoms with Crippen LogP contribution >= 0.6 is 23.6 Å². The van der Waals surface area contributed by atoms with Gasteiger partial charge in [-0.1, -0.05) is 11.3 Å². The fraction of sp³-hybridized carbons (Fsp3) is 0.684. The standard InChI is InChI=1S/C19H25N3O3S2/c1-10-15(16(24)25-2)27-18(20-10)22-17(26)21-14(23)9-19-6-11-3-12(7-19)5-13(4-11)8-19/h11-13H,3-9H2,1-2H3,(H2,20,21,22,23,26). The van der Waals surface area contributed by atoms with Crippen LogP contribution in [0.3, 0.4) is 0 Å². The molecule has 0 aromatic carbocycles. The van der Waals surface area contributed by atoms with E-state index in [1.807, 2.05) is 0 Å². The second-order valence-corrected chi connectivity index (χ2v) is 9.93. The van der Waals surface area contributed by atoms with Crippen LogP contribution in [-0.2, 0) is 9.53 Å². The van der Waals surface area contributed by atoms with Crippen molar-refractivity contribution >= 4 is 45.7 Å². The van der Waals surface area contributed by atoms with Gasteiger partial charge in [0.05, 0.1) is 12.8 Å². The van der Waals surface area contributed by atoms with Gasteiger partial charge in [-0.25, -0.2) is 9.78 Å². The van der Waals surface area contributed by atoms with Crippen molar-refractivity contribution < 1.29 is 14.3 Å². The minimum Gasteiger partial charge on any atom is -0.465 e. The van der Waals surface area contributed by atoms with E-state index in [1.54, 1.807) is 6.92 Å². The van der Waals surface area contributed by atoms with Gasteiger partial charge >= 0.3 is 5.97 Å². The molecule has 5 rings (SSSR count). The highest BCUT2D eigenvalue weighted by molar-refractivity contribution is 7.80. The van der Waals surface area contributed by atoms with Crippen LogP contribution in [0, 0.1) is 30.1 Å². The molecule has 1 amide bonds. The van der Waals surface area contributed by atoms with E-state index in [4.69, 9.17) is 17.0 Å². The predicted octanol–water partition coefficient (Wildman–Crippen LogP) is 3.66. The van der Waals surface area contributed by atoms with Crippen molar-refractivity contribution in [2.24, 2.45) is 23.2 Å². The van der Waals surface area contributed by atoms with Crippen LogP contribution in [-0.4, -0.2) is 29.1 Å². The Morgan fingerprint density at radius 3 is 2.37 bits per heavy atom. The van der Waals surface area contributed by atoms with E-state index in [0.29, 0.717) is 22.1 Å². The van der Waals surface area contributed by atoms with E-state index in [1.165, 1.54) is 57.0 Å². The topological polar surface area (TPSA) is 80.3 Å². The third-order valence-electron chi connectivity index (χ3n) is 6.34. The summed E-state index contributed by atoms with van der Waals surface area (Å²) in [6.45, 7) is 1.74. The van der Waals surface area contributed by atoms with Gasteiger partial charge in [-0.05, 0) is 80.8 Å². The van der Waals surface area contributed by atoms with Gasteiger partial charge < -0.3 is 15.4 Å². The Balaban J connectivity index is 1.33. The van der Waals surface area contributed by atoms with Gasteiger partial charge in [0.2, 0.25) is 5.91 Å². The Morgan fingerprint density at radius 1 is 1.22 bits per heavy atom. The molecular formula is C19H25N3O3S2. The van der Waals surface area contributed by atoms with Crippen molar-refractivity contribution in [3.05, 3.63) is 10.6 Å². The van der Waals surface area contributed by atoms with Crippen molar-refractivity contribution in [2.75, 3.05) is 12.4 Å². The smallest absolute Gasteiger partial charge is 0.350 e.